The highest BCUT2D eigenvalue weighted by Gasteiger charge is 2.36. The molecule has 0 unspecified atom stereocenters. The van der Waals surface area contributed by atoms with Crippen molar-refractivity contribution in [1.82, 2.24) is 0 Å². The standard InChI is InChI=1S/C51H50O6/c1-34-32-39(14-28-47(34)54-6)37-10-16-41(17-11-37)50(4,5)42-18-12-38(13-19-42)40-15-29-48(35(2)33-40)57-49(53)56-46-26-22-44(23-27-46)51(30-8-7-9-31-51)43-20-24-45(25-21-43)55-36(3)52/h10-29,32-33H,7-9,30-31H2,1-6H3. The topological polar surface area (TPSA) is 71.1 Å². The number of carbonyl (C=O) groups is 2. The number of aryl methyl sites for hydroxylation is 2. The van der Waals surface area contributed by atoms with Gasteiger partial charge >= 0.3 is 12.1 Å². The zero-order valence-electron chi connectivity index (χ0n) is 33.7. The predicted octanol–water partition coefficient (Wildman–Crippen LogP) is 12.7. The molecule has 0 N–H and O–H groups in total. The molecule has 0 radical (unpaired) electrons. The van der Waals surface area contributed by atoms with Gasteiger partial charge in [0.25, 0.3) is 0 Å². The number of ether oxygens (including phenoxy) is 4. The molecule has 7 rings (SSSR count). The minimum absolute atomic E-state index is 0.161. The van der Waals surface area contributed by atoms with Crippen molar-refractivity contribution in [3.63, 3.8) is 0 Å². The third kappa shape index (κ3) is 8.51. The number of hydrogen-bond acceptors (Lipinski definition) is 6. The van der Waals surface area contributed by atoms with Gasteiger partial charge < -0.3 is 18.9 Å². The average molecular weight is 759 g/mol. The fourth-order valence-electron chi connectivity index (χ4n) is 8.28. The van der Waals surface area contributed by atoms with Gasteiger partial charge in [-0.1, -0.05) is 118 Å². The van der Waals surface area contributed by atoms with Crippen molar-refractivity contribution in [2.24, 2.45) is 0 Å². The van der Waals surface area contributed by atoms with E-state index >= 15 is 0 Å². The van der Waals surface area contributed by atoms with Crippen molar-refractivity contribution < 1.29 is 28.5 Å². The fraction of sp³-hybridized carbons (Fsp3) is 0.255. The van der Waals surface area contributed by atoms with Crippen molar-refractivity contribution in [2.75, 3.05) is 7.11 Å². The lowest BCUT2D eigenvalue weighted by Gasteiger charge is -2.38. The molecule has 1 fully saturated rings. The molecular formula is C51H50O6. The van der Waals surface area contributed by atoms with E-state index in [4.69, 9.17) is 18.9 Å². The molecule has 6 aromatic carbocycles. The third-order valence-electron chi connectivity index (χ3n) is 11.6. The van der Waals surface area contributed by atoms with E-state index in [0.717, 1.165) is 53.7 Å². The van der Waals surface area contributed by atoms with Crippen LogP contribution in [-0.2, 0) is 15.6 Å². The molecule has 0 spiro atoms. The van der Waals surface area contributed by atoms with E-state index in [1.54, 1.807) is 7.11 Å². The molecule has 0 aromatic heterocycles. The lowest BCUT2D eigenvalue weighted by Crippen LogP contribution is -2.30. The molecule has 0 aliphatic heterocycles. The van der Waals surface area contributed by atoms with Crippen LogP contribution < -0.4 is 18.9 Å². The number of hydrogen-bond donors (Lipinski definition) is 0. The monoisotopic (exact) mass is 758 g/mol. The molecule has 6 heteroatoms. The highest BCUT2D eigenvalue weighted by atomic mass is 16.7. The first-order valence-corrected chi connectivity index (χ1v) is 19.7. The maximum Gasteiger partial charge on any atom is 0.519 e. The molecule has 1 aliphatic rings. The van der Waals surface area contributed by atoms with Crippen LogP contribution in [0, 0.1) is 13.8 Å². The Kier molecular flexibility index (Phi) is 11.3. The maximum absolute atomic E-state index is 13.0. The van der Waals surface area contributed by atoms with Crippen LogP contribution >= 0.6 is 0 Å². The van der Waals surface area contributed by atoms with Gasteiger partial charge in [-0.05, 0) is 131 Å². The highest BCUT2D eigenvalue weighted by molar-refractivity contribution is 5.71. The third-order valence-corrected chi connectivity index (χ3v) is 11.6. The molecule has 6 nitrogen and oxygen atoms in total. The predicted molar refractivity (Wildman–Crippen MR) is 227 cm³/mol. The molecule has 290 valence electrons. The van der Waals surface area contributed by atoms with Crippen LogP contribution in [0.15, 0.2) is 133 Å². The molecule has 57 heavy (non-hydrogen) atoms. The number of carbonyl (C=O) groups excluding carboxylic acids is 2. The maximum atomic E-state index is 13.0. The van der Waals surface area contributed by atoms with E-state index in [2.05, 4.69) is 93.6 Å². The summed E-state index contributed by atoms with van der Waals surface area (Å²) >= 11 is 0. The Labute approximate surface area is 336 Å². The Morgan fingerprint density at radius 3 is 1.40 bits per heavy atom. The fourth-order valence-corrected chi connectivity index (χ4v) is 8.28. The lowest BCUT2D eigenvalue weighted by molar-refractivity contribution is -0.131. The summed E-state index contributed by atoms with van der Waals surface area (Å²) in [5.41, 5.74) is 10.8. The van der Waals surface area contributed by atoms with Gasteiger partial charge in [0.2, 0.25) is 0 Å². The Hall–Kier alpha value is -6.14. The van der Waals surface area contributed by atoms with Crippen molar-refractivity contribution >= 4 is 12.1 Å². The molecule has 0 bridgehead atoms. The zero-order chi connectivity index (χ0) is 40.2. The summed E-state index contributed by atoms with van der Waals surface area (Å²) in [5, 5.41) is 0. The Balaban J connectivity index is 0.987. The summed E-state index contributed by atoms with van der Waals surface area (Å²) in [6, 6.07) is 45.2. The summed E-state index contributed by atoms with van der Waals surface area (Å²) in [6.45, 7) is 9.90. The van der Waals surface area contributed by atoms with Gasteiger partial charge in [-0.2, -0.15) is 0 Å². The summed E-state index contributed by atoms with van der Waals surface area (Å²) in [7, 11) is 1.70. The van der Waals surface area contributed by atoms with Gasteiger partial charge in [0.1, 0.15) is 23.0 Å². The summed E-state index contributed by atoms with van der Waals surface area (Å²) in [4.78, 5) is 24.4. The van der Waals surface area contributed by atoms with Crippen LogP contribution in [0.5, 0.6) is 23.0 Å². The second-order valence-corrected chi connectivity index (χ2v) is 15.7. The molecular weight excluding hydrogens is 709 g/mol. The van der Waals surface area contributed by atoms with Crippen molar-refractivity contribution in [3.8, 4) is 45.3 Å². The first-order valence-electron chi connectivity index (χ1n) is 19.7. The SMILES string of the molecule is COc1ccc(-c2ccc(C(C)(C)c3ccc(-c4ccc(OC(=O)Oc5ccc(C6(c7ccc(OC(C)=O)cc7)CCCCC6)cc5)c(C)c4)cc3)cc2)cc1C. The number of esters is 1. The highest BCUT2D eigenvalue weighted by Crippen LogP contribution is 2.46. The van der Waals surface area contributed by atoms with Gasteiger partial charge in [-0.3, -0.25) is 4.79 Å². The Morgan fingerprint density at radius 2 is 0.965 bits per heavy atom. The lowest BCUT2D eigenvalue weighted by atomic mass is 9.65. The molecule has 1 aliphatic carbocycles. The number of methoxy groups -OCH3 is 1. The minimum Gasteiger partial charge on any atom is -0.496 e. The van der Waals surface area contributed by atoms with E-state index in [0.29, 0.717) is 17.2 Å². The van der Waals surface area contributed by atoms with E-state index in [9.17, 15) is 9.59 Å². The van der Waals surface area contributed by atoms with Crippen molar-refractivity contribution in [2.45, 2.75) is 77.6 Å². The van der Waals surface area contributed by atoms with Gasteiger partial charge in [-0.25, -0.2) is 4.79 Å². The summed E-state index contributed by atoms with van der Waals surface area (Å²) in [5.74, 6) is 1.96. The Bertz CT molecular complexity index is 2350. The van der Waals surface area contributed by atoms with Gasteiger partial charge in [0, 0.05) is 17.8 Å². The largest absolute Gasteiger partial charge is 0.519 e. The molecule has 0 heterocycles. The first kappa shape index (κ1) is 39.1. The summed E-state index contributed by atoms with van der Waals surface area (Å²) < 4.78 is 22.0. The quantitative estimate of drug-likeness (QED) is 0.0787. The van der Waals surface area contributed by atoms with Crippen molar-refractivity contribution in [3.05, 3.63) is 167 Å². The molecule has 6 aromatic rings. The number of benzene rings is 6. The van der Waals surface area contributed by atoms with E-state index in [-0.39, 0.29) is 16.8 Å². The van der Waals surface area contributed by atoms with Crippen LogP contribution in [0.1, 0.15) is 86.3 Å². The number of rotatable bonds is 10. The normalized spacial score (nSPS) is 13.7. The summed E-state index contributed by atoms with van der Waals surface area (Å²) in [6.07, 6.45) is 4.69. The molecule has 0 amide bonds. The smallest absolute Gasteiger partial charge is 0.496 e. The van der Waals surface area contributed by atoms with Crippen molar-refractivity contribution in [1.29, 1.82) is 0 Å². The van der Waals surface area contributed by atoms with Crippen LogP contribution in [0.3, 0.4) is 0 Å². The zero-order valence-corrected chi connectivity index (χ0v) is 33.7. The van der Waals surface area contributed by atoms with E-state index in [1.807, 2.05) is 67.6 Å². The van der Waals surface area contributed by atoms with Crippen LogP contribution in [-0.4, -0.2) is 19.2 Å². The molecule has 0 atom stereocenters. The second-order valence-electron chi connectivity index (χ2n) is 15.7. The second kappa shape index (κ2) is 16.5. The minimum atomic E-state index is -0.786. The average Bonchev–Trinajstić information content (AvgIpc) is 3.22. The van der Waals surface area contributed by atoms with E-state index in [1.165, 1.54) is 46.7 Å². The van der Waals surface area contributed by atoms with Gasteiger partial charge in [0.15, 0.2) is 0 Å². The Morgan fingerprint density at radius 1 is 0.526 bits per heavy atom. The first-order chi connectivity index (χ1) is 27.4. The van der Waals surface area contributed by atoms with Crippen LogP contribution in [0.2, 0.25) is 0 Å². The van der Waals surface area contributed by atoms with Crippen LogP contribution in [0.4, 0.5) is 4.79 Å². The van der Waals surface area contributed by atoms with Crippen LogP contribution in [0.25, 0.3) is 22.3 Å². The van der Waals surface area contributed by atoms with E-state index < -0.39 is 6.16 Å². The van der Waals surface area contributed by atoms with Gasteiger partial charge in [0.05, 0.1) is 7.11 Å². The van der Waals surface area contributed by atoms with Gasteiger partial charge in [-0.15, -0.1) is 0 Å². The molecule has 0 saturated heterocycles. The molecule has 1 saturated carbocycles.